The zero-order valence-electron chi connectivity index (χ0n) is 18.4. The van der Waals surface area contributed by atoms with E-state index in [0.29, 0.717) is 17.2 Å². The summed E-state index contributed by atoms with van der Waals surface area (Å²) in [5.74, 6) is -1.44. The van der Waals surface area contributed by atoms with Crippen LogP contribution < -0.4 is 0 Å². The van der Waals surface area contributed by atoms with Crippen LogP contribution >= 0.6 is 11.6 Å². The Morgan fingerprint density at radius 3 is 2.47 bits per heavy atom. The highest BCUT2D eigenvalue weighted by molar-refractivity contribution is 6.46. The minimum absolute atomic E-state index is 0.0105. The lowest BCUT2D eigenvalue weighted by Crippen LogP contribution is -2.33. The first-order chi connectivity index (χ1) is 15.4. The van der Waals surface area contributed by atoms with Crippen LogP contribution in [0.25, 0.3) is 5.76 Å². The number of Topliss-reactive ketones (excluding diaryl/α,β-unsaturated/α-hetero) is 1. The number of amides is 1. The predicted octanol–water partition coefficient (Wildman–Crippen LogP) is 5.07. The maximum absolute atomic E-state index is 13.1. The van der Waals surface area contributed by atoms with Gasteiger partial charge in [-0.05, 0) is 74.4 Å². The number of hydrogen-bond acceptors (Lipinski definition) is 4. The van der Waals surface area contributed by atoms with Gasteiger partial charge in [0.15, 0.2) is 0 Å². The molecule has 0 spiro atoms. The number of fused-ring (bicyclic) bond motifs is 1. The predicted molar refractivity (Wildman–Crippen MR) is 125 cm³/mol. The first-order valence-corrected chi connectivity index (χ1v) is 11.5. The molecule has 1 N–H and O–H groups in total. The average molecular weight is 454 g/mol. The van der Waals surface area contributed by atoms with Gasteiger partial charge in [0.25, 0.3) is 11.7 Å². The number of hydrogen-bond donors (Lipinski definition) is 1. The highest BCUT2D eigenvalue weighted by atomic mass is 35.5. The number of aliphatic hydroxyl groups is 1. The molecule has 0 aromatic heterocycles. The molecule has 0 saturated carbocycles. The summed E-state index contributed by atoms with van der Waals surface area (Å²) >= 11 is 6.06. The number of carbonyl (C=O) groups excluding carboxylic acids is 2. The van der Waals surface area contributed by atoms with Gasteiger partial charge in [-0.2, -0.15) is 0 Å². The smallest absolute Gasteiger partial charge is 0.295 e. The fraction of sp³-hybridized carbons (Fsp3) is 0.385. The minimum atomic E-state index is -0.695. The van der Waals surface area contributed by atoms with Gasteiger partial charge in [-0.1, -0.05) is 35.9 Å². The number of rotatable bonds is 6. The van der Waals surface area contributed by atoms with Gasteiger partial charge >= 0.3 is 0 Å². The standard InChI is InChI=1S/C26H28ClNO4/c1-16(2)32-14-13-28-23(18-9-11-21(27)12-10-18)22(25(30)26(28)31)24(29)20-8-7-17-5-3-4-6-19(17)15-20/h7-12,15-16,23,29H,3-6,13-14H2,1-2H3/b24-22-. The molecule has 1 atom stereocenters. The molecule has 5 nitrogen and oxygen atoms in total. The Balaban J connectivity index is 1.77. The van der Waals surface area contributed by atoms with Gasteiger partial charge in [-0.25, -0.2) is 0 Å². The number of ether oxygens (including phenoxy) is 1. The van der Waals surface area contributed by atoms with E-state index in [1.54, 1.807) is 24.3 Å². The number of aliphatic hydroxyl groups excluding tert-OH is 1. The van der Waals surface area contributed by atoms with Crippen molar-refractivity contribution in [1.29, 1.82) is 0 Å². The largest absolute Gasteiger partial charge is 0.507 e. The molecule has 1 heterocycles. The van der Waals surface area contributed by atoms with Crippen LogP contribution in [0.3, 0.4) is 0 Å². The normalized spacial score (nSPS) is 20.1. The monoisotopic (exact) mass is 453 g/mol. The first kappa shape index (κ1) is 22.6. The summed E-state index contributed by atoms with van der Waals surface area (Å²) in [6.07, 6.45) is 4.27. The van der Waals surface area contributed by atoms with Crippen molar-refractivity contribution in [3.05, 3.63) is 75.3 Å². The number of nitrogens with zero attached hydrogens (tertiary/aromatic N) is 1. The second kappa shape index (κ2) is 9.47. The van der Waals surface area contributed by atoms with E-state index in [9.17, 15) is 14.7 Å². The number of likely N-dealkylation sites (tertiary alicyclic amines) is 1. The maximum atomic E-state index is 13.1. The van der Waals surface area contributed by atoms with Crippen molar-refractivity contribution in [2.75, 3.05) is 13.2 Å². The Morgan fingerprint density at radius 2 is 1.78 bits per heavy atom. The molecule has 0 radical (unpaired) electrons. The van der Waals surface area contributed by atoms with Gasteiger partial charge in [0.2, 0.25) is 0 Å². The van der Waals surface area contributed by atoms with E-state index in [1.807, 2.05) is 32.0 Å². The molecule has 6 heteroatoms. The van der Waals surface area contributed by atoms with Crippen molar-refractivity contribution < 1.29 is 19.4 Å². The Morgan fingerprint density at radius 1 is 1.09 bits per heavy atom. The number of benzene rings is 2. The van der Waals surface area contributed by atoms with Crippen molar-refractivity contribution in [2.45, 2.75) is 51.7 Å². The van der Waals surface area contributed by atoms with Crippen LogP contribution in [0.2, 0.25) is 5.02 Å². The number of carbonyl (C=O) groups is 2. The molecule has 1 amide bonds. The molecule has 32 heavy (non-hydrogen) atoms. The lowest BCUT2D eigenvalue weighted by Gasteiger charge is -2.26. The van der Waals surface area contributed by atoms with Crippen molar-refractivity contribution in [2.24, 2.45) is 0 Å². The number of aryl methyl sites for hydroxylation is 2. The maximum Gasteiger partial charge on any atom is 0.295 e. The molecule has 1 unspecified atom stereocenters. The quantitative estimate of drug-likeness (QED) is 0.377. The lowest BCUT2D eigenvalue weighted by molar-refractivity contribution is -0.140. The molecule has 1 saturated heterocycles. The Bertz CT molecular complexity index is 1060. The van der Waals surface area contributed by atoms with Crippen molar-refractivity contribution in [1.82, 2.24) is 4.90 Å². The second-order valence-electron chi connectivity index (χ2n) is 8.65. The van der Waals surface area contributed by atoms with Gasteiger partial charge in [-0.3, -0.25) is 9.59 Å². The fourth-order valence-corrected chi connectivity index (χ4v) is 4.65. The van der Waals surface area contributed by atoms with E-state index >= 15 is 0 Å². The summed E-state index contributed by atoms with van der Waals surface area (Å²) < 4.78 is 5.63. The van der Waals surface area contributed by atoms with Crippen LogP contribution in [-0.2, 0) is 27.2 Å². The Hall–Kier alpha value is -2.63. The van der Waals surface area contributed by atoms with Crippen molar-refractivity contribution >= 4 is 29.1 Å². The molecule has 0 bridgehead atoms. The molecular weight excluding hydrogens is 426 g/mol. The van der Waals surface area contributed by atoms with Crippen molar-refractivity contribution in [3.8, 4) is 0 Å². The van der Waals surface area contributed by atoms with Crippen LogP contribution in [0, 0.1) is 0 Å². The van der Waals surface area contributed by atoms with E-state index in [0.717, 1.165) is 24.8 Å². The summed E-state index contributed by atoms with van der Waals surface area (Å²) in [5, 5.41) is 11.8. The average Bonchev–Trinajstić information content (AvgIpc) is 3.03. The summed E-state index contributed by atoms with van der Waals surface area (Å²) in [6, 6.07) is 12.1. The van der Waals surface area contributed by atoms with Crippen molar-refractivity contribution in [3.63, 3.8) is 0 Å². The zero-order chi connectivity index (χ0) is 22.8. The van der Waals surface area contributed by atoms with E-state index < -0.39 is 17.7 Å². The van der Waals surface area contributed by atoms with Crippen LogP contribution in [0.5, 0.6) is 0 Å². The van der Waals surface area contributed by atoms with Crippen LogP contribution in [0.1, 0.15) is 55.0 Å². The molecule has 4 rings (SSSR count). The first-order valence-electron chi connectivity index (χ1n) is 11.1. The van der Waals surface area contributed by atoms with E-state index in [4.69, 9.17) is 16.3 Å². The summed E-state index contributed by atoms with van der Waals surface area (Å²) in [6.45, 7) is 4.38. The molecule has 2 aromatic carbocycles. The van der Waals surface area contributed by atoms with Gasteiger partial charge in [-0.15, -0.1) is 0 Å². The molecule has 168 valence electrons. The fourth-order valence-electron chi connectivity index (χ4n) is 4.53. The molecule has 1 aliphatic carbocycles. The van der Waals surface area contributed by atoms with Crippen LogP contribution in [0.15, 0.2) is 48.0 Å². The highest BCUT2D eigenvalue weighted by Gasteiger charge is 2.45. The molecule has 2 aromatic rings. The van der Waals surface area contributed by atoms with Gasteiger partial charge in [0.05, 0.1) is 24.3 Å². The number of ketones is 1. The van der Waals surface area contributed by atoms with E-state index in [-0.39, 0.29) is 24.0 Å². The SMILES string of the molecule is CC(C)OCCN1C(=O)C(=O)/C(=C(\O)c2ccc3c(c2)CCCC3)C1c1ccc(Cl)cc1. The Labute approximate surface area is 193 Å². The molecule has 1 fully saturated rings. The zero-order valence-corrected chi connectivity index (χ0v) is 19.2. The third kappa shape index (κ3) is 4.45. The van der Waals surface area contributed by atoms with Gasteiger partial charge in [0, 0.05) is 17.1 Å². The van der Waals surface area contributed by atoms with Gasteiger partial charge < -0.3 is 14.7 Å². The highest BCUT2D eigenvalue weighted by Crippen LogP contribution is 2.40. The molecular formula is C26H28ClNO4. The second-order valence-corrected chi connectivity index (χ2v) is 9.09. The van der Waals surface area contributed by atoms with E-state index in [2.05, 4.69) is 0 Å². The lowest BCUT2D eigenvalue weighted by atomic mass is 9.89. The minimum Gasteiger partial charge on any atom is -0.507 e. The van der Waals surface area contributed by atoms with E-state index in [1.165, 1.54) is 22.4 Å². The Kier molecular flexibility index (Phi) is 6.68. The molecule has 1 aliphatic heterocycles. The number of halogens is 1. The summed E-state index contributed by atoms with van der Waals surface area (Å²) in [7, 11) is 0. The van der Waals surface area contributed by atoms with Crippen LogP contribution in [-0.4, -0.2) is 41.0 Å². The van der Waals surface area contributed by atoms with Crippen LogP contribution in [0.4, 0.5) is 0 Å². The van der Waals surface area contributed by atoms with Gasteiger partial charge in [0.1, 0.15) is 5.76 Å². The third-order valence-electron chi connectivity index (χ3n) is 6.13. The molecule has 2 aliphatic rings. The topological polar surface area (TPSA) is 66.8 Å². The summed E-state index contributed by atoms with van der Waals surface area (Å²) in [5.41, 5.74) is 3.88. The third-order valence-corrected chi connectivity index (χ3v) is 6.38. The summed E-state index contributed by atoms with van der Waals surface area (Å²) in [4.78, 5) is 27.5.